The maximum atomic E-state index is 12.6. The van der Waals surface area contributed by atoms with Crippen LogP contribution >= 0.6 is 23.2 Å². The molecule has 0 bridgehead atoms. The van der Waals surface area contributed by atoms with Crippen LogP contribution in [0.1, 0.15) is 10.4 Å². The standard InChI is InChI=1S/C20H16Cl2N2O4S/c1-28-19-8-3-2-7-18(19)23-20(25)13-5-4-6-14(11-13)24-29(26,27)15-9-10-16(21)17(22)12-15/h2-12,24H,1H3,(H,23,25). The van der Waals surface area contributed by atoms with Crippen molar-refractivity contribution in [2.45, 2.75) is 4.90 Å². The van der Waals surface area contributed by atoms with Gasteiger partial charge in [0, 0.05) is 11.3 Å². The van der Waals surface area contributed by atoms with Crippen molar-refractivity contribution >= 4 is 50.5 Å². The van der Waals surface area contributed by atoms with Gasteiger partial charge in [-0.2, -0.15) is 0 Å². The zero-order valence-electron chi connectivity index (χ0n) is 15.1. The topological polar surface area (TPSA) is 84.5 Å². The third-order valence-corrected chi connectivity index (χ3v) is 6.05. The zero-order chi connectivity index (χ0) is 21.0. The molecule has 0 saturated carbocycles. The maximum absolute atomic E-state index is 12.6. The third kappa shape index (κ3) is 5.00. The average molecular weight is 451 g/mol. The van der Waals surface area contributed by atoms with Crippen LogP contribution in [0.15, 0.2) is 71.6 Å². The fraction of sp³-hybridized carbons (Fsp3) is 0.0500. The number of sulfonamides is 1. The predicted octanol–water partition coefficient (Wildman–Crippen LogP) is 5.06. The number of hydrogen-bond donors (Lipinski definition) is 2. The van der Waals surface area contributed by atoms with E-state index in [1.54, 1.807) is 36.4 Å². The normalized spacial score (nSPS) is 11.0. The van der Waals surface area contributed by atoms with Gasteiger partial charge >= 0.3 is 0 Å². The highest BCUT2D eigenvalue weighted by Gasteiger charge is 2.17. The molecular formula is C20H16Cl2N2O4S. The summed E-state index contributed by atoms with van der Waals surface area (Å²) < 4.78 is 32.8. The van der Waals surface area contributed by atoms with Gasteiger partial charge in [0.05, 0.1) is 27.7 Å². The molecule has 0 saturated heterocycles. The number of carbonyl (C=O) groups excluding carboxylic acids is 1. The molecule has 0 aromatic heterocycles. The van der Waals surface area contributed by atoms with Crippen LogP contribution in [-0.4, -0.2) is 21.4 Å². The molecule has 0 heterocycles. The minimum atomic E-state index is -3.91. The highest BCUT2D eigenvalue weighted by atomic mass is 35.5. The number of nitrogens with one attached hydrogen (secondary N) is 2. The van der Waals surface area contributed by atoms with Gasteiger partial charge in [0.15, 0.2) is 0 Å². The first-order valence-electron chi connectivity index (χ1n) is 8.32. The summed E-state index contributed by atoms with van der Waals surface area (Å²) in [5.74, 6) is 0.0995. The van der Waals surface area contributed by atoms with Gasteiger partial charge in [-0.3, -0.25) is 9.52 Å². The van der Waals surface area contributed by atoms with E-state index in [1.165, 1.54) is 37.4 Å². The number of benzene rings is 3. The molecule has 0 aliphatic carbocycles. The maximum Gasteiger partial charge on any atom is 0.261 e. The molecule has 0 aliphatic heterocycles. The third-order valence-electron chi connectivity index (χ3n) is 3.93. The van der Waals surface area contributed by atoms with E-state index in [4.69, 9.17) is 27.9 Å². The Morgan fingerprint density at radius 3 is 2.41 bits per heavy atom. The first-order valence-corrected chi connectivity index (χ1v) is 10.6. The largest absolute Gasteiger partial charge is 0.495 e. The van der Waals surface area contributed by atoms with E-state index < -0.39 is 15.9 Å². The zero-order valence-corrected chi connectivity index (χ0v) is 17.5. The van der Waals surface area contributed by atoms with E-state index in [0.29, 0.717) is 11.4 Å². The van der Waals surface area contributed by atoms with E-state index in [1.807, 2.05) is 0 Å². The van der Waals surface area contributed by atoms with Crippen molar-refractivity contribution in [2.75, 3.05) is 17.1 Å². The van der Waals surface area contributed by atoms with Crippen LogP contribution in [-0.2, 0) is 10.0 Å². The first kappa shape index (κ1) is 21.0. The fourth-order valence-corrected chi connectivity index (χ4v) is 3.96. The molecule has 2 N–H and O–H groups in total. The van der Waals surface area contributed by atoms with Crippen molar-refractivity contribution in [2.24, 2.45) is 0 Å². The van der Waals surface area contributed by atoms with E-state index in [-0.39, 0.29) is 26.2 Å². The molecule has 0 fully saturated rings. The van der Waals surface area contributed by atoms with E-state index >= 15 is 0 Å². The van der Waals surface area contributed by atoms with Crippen molar-refractivity contribution in [1.29, 1.82) is 0 Å². The van der Waals surface area contributed by atoms with Gasteiger partial charge in [-0.05, 0) is 48.5 Å². The van der Waals surface area contributed by atoms with E-state index in [9.17, 15) is 13.2 Å². The molecule has 3 aromatic rings. The number of rotatable bonds is 6. The molecule has 29 heavy (non-hydrogen) atoms. The van der Waals surface area contributed by atoms with Gasteiger partial charge in [0.25, 0.3) is 15.9 Å². The SMILES string of the molecule is COc1ccccc1NC(=O)c1cccc(NS(=O)(=O)c2ccc(Cl)c(Cl)c2)c1. The van der Waals surface area contributed by atoms with Gasteiger partial charge < -0.3 is 10.1 Å². The smallest absolute Gasteiger partial charge is 0.261 e. The lowest BCUT2D eigenvalue weighted by Gasteiger charge is -2.12. The van der Waals surface area contributed by atoms with Crippen LogP contribution in [0.2, 0.25) is 10.0 Å². The Kier molecular flexibility index (Phi) is 6.32. The van der Waals surface area contributed by atoms with Crippen LogP contribution in [0.5, 0.6) is 5.75 Å². The summed E-state index contributed by atoms with van der Waals surface area (Å²) in [5, 5.41) is 3.11. The highest BCUT2D eigenvalue weighted by Crippen LogP contribution is 2.27. The highest BCUT2D eigenvalue weighted by molar-refractivity contribution is 7.92. The predicted molar refractivity (Wildman–Crippen MR) is 115 cm³/mol. The Morgan fingerprint density at radius 1 is 0.931 bits per heavy atom. The lowest BCUT2D eigenvalue weighted by atomic mass is 10.2. The average Bonchev–Trinajstić information content (AvgIpc) is 2.70. The Bertz CT molecular complexity index is 1170. The number of hydrogen-bond acceptors (Lipinski definition) is 4. The summed E-state index contributed by atoms with van der Waals surface area (Å²) in [4.78, 5) is 12.5. The molecule has 9 heteroatoms. The van der Waals surface area contributed by atoms with Gasteiger partial charge in [0.2, 0.25) is 0 Å². The lowest BCUT2D eigenvalue weighted by Crippen LogP contribution is -2.15. The lowest BCUT2D eigenvalue weighted by molar-refractivity contribution is 0.102. The quantitative estimate of drug-likeness (QED) is 0.549. The summed E-state index contributed by atoms with van der Waals surface area (Å²) in [7, 11) is -2.41. The molecule has 6 nitrogen and oxygen atoms in total. The second kappa shape index (κ2) is 8.73. The molecule has 0 atom stereocenters. The summed E-state index contributed by atoms with van der Waals surface area (Å²) in [6, 6.07) is 17.1. The number of halogens is 2. The van der Waals surface area contributed by atoms with Crippen LogP contribution in [0, 0.1) is 0 Å². The molecular weight excluding hydrogens is 435 g/mol. The number of carbonyl (C=O) groups is 1. The van der Waals surface area contributed by atoms with Gasteiger partial charge in [-0.15, -0.1) is 0 Å². The second-order valence-corrected chi connectivity index (χ2v) is 8.41. The Balaban J connectivity index is 1.82. The first-order chi connectivity index (χ1) is 13.8. The van der Waals surface area contributed by atoms with Crippen LogP contribution in [0.4, 0.5) is 11.4 Å². The molecule has 150 valence electrons. The van der Waals surface area contributed by atoms with Gasteiger partial charge in [-0.25, -0.2) is 8.42 Å². The monoisotopic (exact) mass is 450 g/mol. The Morgan fingerprint density at radius 2 is 1.69 bits per heavy atom. The Hall–Kier alpha value is -2.74. The molecule has 3 rings (SSSR count). The van der Waals surface area contributed by atoms with Crippen molar-refractivity contribution in [1.82, 2.24) is 0 Å². The number of methoxy groups -OCH3 is 1. The molecule has 0 unspecified atom stereocenters. The molecule has 3 aromatic carbocycles. The number of ether oxygens (including phenoxy) is 1. The van der Waals surface area contributed by atoms with Gasteiger partial charge in [-0.1, -0.05) is 41.4 Å². The number of amides is 1. The van der Waals surface area contributed by atoms with Crippen molar-refractivity contribution in [3.8, 4) is 5.75 Å². The van der Waals surface area contributed by atoms with Crippen molar-refractivity contribution in [3.05, 3.63) is 82.3 Å². The summed E-state index contributed by atoms with van der Waals surface area (Å²) in [5.41, 5.74) is 0.996. The van der Waals surface area contributed by atoms with Crippen molar-refractivity contribution in [3.63, 3.8) is 0 Å². The van der Waals surface area contributed by atoms with Crippen LogP contribution in [0.3, 0.4) is 0 Å². The van der Waals surface area contributed by atoms with Crippen LogP contribution in [0.25, 0.3) is 0 Å². The van der Waals surface area contributed by atoms with E-state index in [0.717, 1.165) is 0 Å². The number of para-hydroxylation sites is 2. The molecule has 1 amide bonds. The van der Waals surface area contributed by atoms with Crippen molar-refractivity contribution < 1.29 is 17.9 Å². The minimum absolute atomic E-state index is 0.0456. The second-order valence-electron chi connectivity index (χ2n) is 5.92. The molecule has 0 radical (unpaired) electrons. The molecule has 0 aliphatic rings. The van der Waals surface area contributed by atoms with Crippen LogP contribution < -0.4 is 14.8 Å². The summed E-state index contributed by atoms with van der Waals surface area (Å²) >= 11 is 11.7. The minimum Gasteiger partial charge on any atom is -0.495 e. The fourth-order valence-electron chi connectivity index (χ4n) is 2.52. The number of anilines is 2. The Labute approximate surface area is 178 Å². The summed E-state index contributed by atoms with van der Waals surface area (Å²) in [6.45, 7) is 0. The molecule has 0 spiro atoms. The summed E-state index contributed by atoms with van der Waals surface area (Å²) in [6.07, 6.45) is 0. The van der Waals surface area contributed by atoms with E-state index in [2.05, 4.69) is 10.0 Å². The van der Waals surface area contributed by atoms with Gasteiger partial charge in [0.1, 0.15) is 5.75 Å².